The maximum Gasteiger partial charge on any atom is 0.224 e. The quantitative estimate of drug-likeness (QED) is 0.450. The lowest BCUT2D eigenvalue weighted by Crippen LogP contribution is -2.04. The van der Waals surface area contributed by atoms with Gasteiger partial charge in [0.25, 0.3) is 0 Å². The molecule has 4 rings (SSSR count). The Morgan fingerprint density at radius 2 is 2.00 bits per heavy atom. The number of nitrogens with one attached hydrogen (secondary N) is 1. The fourth-order valence-electron chi connectivity index (χ4n) is 2.90. The summed E-state index contributed by atoms with van der Waals surface area (Å²) in [5, 5.41) is 3.26. The molecule has 0 saturated carbocycles. The molecule has 0 bridgehead atoms. The molecule has 0 atom stereocenters. The van der Waals surface area contributed by atoms with Crippen LogP contribution in [-0.4, -0.2) is 21.6 Å². The van der Waals surface area contributed by atoms with Gasteiger partial charge in [-0.15, -0.1) is 0 Å². The van der Waals surface area contributed by atoms with Gasteiger partial charge < -0.3 is 20.2 Å². The number of hydrogen-bond acceptors (Lipinski definition) is 7. The van der Waals surface area contributed by atoms with Crippen molar-refractivity contribution in [2.24, 2.45) is 0 Å². The van der Waals surface area contributed by atoms with Gasteiger partial charge in [-0.3, -0.25) is 4.98 Å². The number of pyridine rings is 2. The maximum atomic E-state index is 6.31. The van der Waals surface area contributed by atoms with Gasteiger partial charge in [0.1, 0.15) is 5.82 Å². The first kappa shape index (κ1) is 19.2. The second-order valence-electron chi connectivity index (χ2n) is 6.40. The van der Waals surface area contributed by atoms with Crippen molar-refractivity contribution < 1.29 is 9.15 Å². The Hall–Kier alpha value is -4.13. The summed E-state index contributed by atoms with van der Waals surface area (Å²) in [7, 11) is 0. The lowest BCUT2D eigenvalue weighted by molar-refractivity contribution is 0.327. The second kappa shape index (κ2) is 8.91. The summed E-state index contributed by atoms with van der Waals surface area (Å²) in [6, 6.07) is 15.3. The number of anilines is 3. The number of hydrogen-bond donors (Lipinski definition) is 2. The molecule has 150 valence electrons. The Morgan fingerprint density at radius 3 is 2.70 bits per heavy atom. The number of ether oxygens (including phenoxy) is 1. The van der Waals surface area contributed by atoms with E-state index in [1.807, 2.05) is 61.5 Å². The first-order chi connectivity index (χ1) is 14.7. The molecule has 1 aromatic carbocycles. The van der Waals surface area contributed by atoms with E-state index in [1.54, 1.807) is 18.5 Å². The van der Waals surface area contributed by atoms with Gasteiger partial charge in [0.15, 0.2) is 12.2 Å². The van der Waals surface area contributed by atoms with Gasteiger partial charge in [0.2, 0.25) is 5.88 Å². The second-order valence-corrected chi connectivity index (χ2v) is 6.40. The minimum Gasteiger partial charge on any atom is -0.477 e. The summed E-state index contributed by atoms with van der Waals surface area (Å²) in [6.07, 6.45) is 8.58. The lowest BCUT2D eigenvalue weighted by atomic mass is 10.1. The van der Waals surface area contributed by atoms with Crippen molar-refractivity contribution in [2.45, 2.75) is 6.92 Å². The lowest BCUT2D eigenvalue weighted by Gasteiger charge is -2.13. The molecule has 3 N–H and O–H groups in total. The Morgan fingerprint density at radius 1 is 1.13 bits per heavy atom. The van der Waals surface area contributed by atoms with Crippen LogP contribution in [0, 0.1) is 0 Å². The van der Waals surface area contributed by atoms with Crippen LogP contribution in [0.5, 0.6) is 5.88 Å². The third-order valence-corrected chi connectivity index (χ3v) is 4.32. The van der Waals surface area contributed by atoms with Gasteiger partial charge >= 0.3 is 0 Å². The fraction of sp³-hybridized carbons (Fsp3) is 0.0870. The zero-order chi connectivity index (χ0) is 20.8. The molecular weight excluding hydrogens is 378 g/mol. The van der Waals surface area contributed by atoms with Crippen molar-refractivity contribution >= 4 is 29.3 Å². The van der Waals surface area contributed by atoms with Gasteiger partial charge in [-0.2, -0.15) is 4.98 Å². The molecular formula is C23H21N5O2. The van der Waals surface area contributed by atoms with Gasteiger partial charge in [-0.05, 0) is 55.5 Å². The number of nitrogen functional groups attached to an aromatic ring is 1. The zero-order valence-electron chi connectivity index (χ0n) is 16.4. The first-order valence-corrected chi connectivity index (χ1v) is 9.51. The first-order valence-electron chi connectivity index (χ1n) is 9.51. The van der Waals surface area contributed by atoms with Crippen molar-refractivity contribution in [3.05, 3.63) is 78.6 Å². The molecule has 4 aromatic rings. The monoisotopic (exact) mass is 399 g/mol. The van der Waals surface area contributed by atoms with Crippen LogP contribution >= 0.6 is 0 Å². The van der Waals surface area contributed by atoms with Crippen molar-refractivity contribution in [2.75, 3.05) is 17.7 Å². The minimum atomic E-state index is 0.463. The third-order valence-electron chi connectivity index (χ3n) is 4.32. The van der Waals surface area contributed by atoms with Crippen LogP contribution < -0.4 is 15.8 Å². The topological polar surface area (TPSA) is 99.1 Å². The summed E-state index contributed by atoms with van der Waals surface area (Å²) in [5.74, 6) is 1.77. The highest BCUT2D eigenvalue weighted by atomic mass is 16.5. The van der Waals surface area contributed by atoms with Crippen LogP contribution in [0.2, 0.25) is 0 Å². The fourth-order valence-corrected chi connectivity index (χ4v) is 2.90. The van der Waals surface area contributed by atoms with Gasteiger partial charge in [0, 0.05) is 29.2 Å². The van der Waals surface area contributed by atoms with Crippen molar-refractivity contribution in [3.63, 3.8) is 0 Å². The number of nitrogens with two attached hydrogens (primary N) is 1. The van der Waals surface area contributed by atoms with Crippen molar-refractivity contribution in [1.29, 1.82) is 0 Å². The van der Waals surface area contributed by atoms with Crippen LogP contribution in [0.4, 0.5) is 17.2 Å². The van der Waals surface area contributed by atoms with Crippen molar-refractivity contribution in [1.82, 2.24) is 15.0 Å². The largest absolute Gasteiger partial charge is 0.477 e. The Bertz CT molecular complexity index is 1120. The maximum absolute atomic E-state index is 6.31. The summed E-state index contributed by atoms with van der Waals surface area (Å²) in [4.78, 5) is 12.8. The molecule has 0 radical (unpaired) electrons. The zero-order valence-corrected chi connectivity index (χ0v) is 16.4. The molecule has 0 aliphatic heterocycles. The van der Waals surface area contributed by atoms with E-state index in [0.29, 0.717) is 35.3 Å². The van der Waals surface area contributed by atoms with Gasteiger partial charge in [0.05, 0.1) is 24.1 Å². The highest BCUT2D eigenvalue weighted by Crippen LogP contribution is 2.30. The predicted octanol–water partition coefficient (Wildman–Crippen LogP) is 5.03. The van der Waals surface area contributed by atoms with Crippen LogP contribution in [-0.2, 0) is 0 Å². The number of oxazole rings is 1. The summed E-state index contributed by atoms with van der Waals surface area (Å²) in [5.41, 5.74) is 10.2. The number of rotatable bonds is 7. The molecule has 0 unspecified atom stereocenters. The van der Waals surface area contributed by atoms with E-state index in [2.05, 4.69) is 20.3 Å². The minimum absolute atomic E-state index is 0.463. The number of aromatic nitrogens is 3. The number of benzene rings is 1. The van der Waals surface area contributed by atoms with Crippen LogP contribution in [0.3, 0.4) is 0 Å². The highest BCUT2D eigenvalue weighted by molar-refractivity contribution is 5.79. The SMILES string of the molecule is CCOc1nc(Nc2ccc(-c3cnco3)cc2)cc(N)c1/C=C/c1ccccn1. The standard InChI is InChI=1S/C23H21N5O2/c1-2-29-23-19(11-10-17-5-3-4-12-26-17)20(24)13-22(28-23)27-18-8-6-16(7-9-18)21-14-25-15-30-21/h3-15H,2H2,1H3,(H3,24,27,28)/b11-10+. The summed E-state index contributed by atoms with van der Waals surface area (Å²) >= 11 is 0. The molecule has 0 spiro atoms. The molecule has 0 saturated heterocycles. The third kappa shape index (κ3) is 4.47. The Kier molecular flexibility index (Phi) is 5.70. The van der Waals surface area contributed by atoms with Crippen molar-refractivity contribution in [3.8, 4) is 17.2 Å². The van der Waals surface area contributed by atoms with Crippen LogP contribution in [0.25, 0.3) is 23.5 Å². The van der Waals surface area contributed by atoms with Gasteiger partial charge in [-0.1, -0.05) is 6.07 Å². The molecule has 7 nitrogen and oxygen atoms in total. The molecule has 7 heteroatoms. The molecule has 0 fully saturated rings. The normalized spacial score (nSPS) is 11.0. The van der Waals surface area contributed by atoms with Gasteiger partial charge in [-0.25, -0.2) is 4.98 Å². The average molecular weight is 399 g/mol. The molecule has 0 aliphatic rings. The van der Waals surface area contributed by atoms with E-state index in [9.17, 15) is 0 Å². The van der Waals surface area contributed by atoms with E-state index in [1.165, 1.54) is 6.39 Å². The molecule has 3 heterocycles. The predicted molar refractivity (Wildman–Crippen MR) is 118 cm³/mol. The molecule has 0 aliphatic carbocycles. The van der Waals surface area contributed by atoms with E-state index in [-0.39, 0.29) is 0 Å². The van der Waals surface area contributed by atoms with E-state index in [0.717, 1.165) is 16.9 Å². The van der Waals surface area contributed by atoms with Crippen LogP contribution in [0.1, 0.15) is 18.2 Å². The van der Waals surface area contributed by atoms with E-state index in [4.69, 9.17) is 14.9 Å². The Balaban J connectivity index is 1.57. The van der Waals surface area contributed by atoms with Crippen LogP contribution in [0.15, 0.2) is 71.7 Å². The average Bonchev–Trinajstić information content (AvgIpc) is 3.30. The summed E-state index contributed by atoms with van der Waals surface area (Å²) < 4.78 is 11.0. The van der Waals surface area contributed by atoms with E-state index >= 15 is 0 Å². The molecule has 0 amide bonds. The molecule has 3 aromatic heterocycles. The smallest absolute Gasteiger partial charge is 0.224 e. The number of nitrogens with zero attached hydrogens (tertiary/aromatic N) is 3. The highest BCUT2D eigenvalue weighted by Gasteiger charge is 2.11. The summed E-state index contributed by atoms with van der Waals surface area (Å²) in [6.45, 7) is 2.39. The van der Waals surface area contributed by atoms with E-state index < -0.39 is 0 Å². The Labute approximate surface area is 174 Å². The molecule has 30 heavy (non-hydrogen) atoms.